The van der Waals surface area contributed by atoms with Gasteiger partial charge in [-0.2, -0.15) is 0 Å². The molecule has 0 radical (unpaired) electrons. The minimum atomic E-state index is -0.916. The van der Waals surface area contributed by atoms with Gasteiger partial charge < -0.3 is 5.32 Å². The van der Waals surface area contributed by atoms with Crippen molar-refractivity contribution in [3.63, 3.8) is 0 Å². The maximum absolute atomic E-state index is 13.0. The van der Waals surface area contributed by atoms with Crippen LogP contribution in [0.15, 0.2) is 30.3 Å². The predicted octanol–water partition coefficient (Wildman–Crippen LogP) is 2.97. The zero-order chi connectivity index (χ0) is 15.4. The number of hydrogen-bond donors (Lipinski definition) is 1. The van der Waals surface area contributed by atoms with Gasteiger partial charge in [-0.3, -0.25) is 9.00 Å². The van der Waals surface area contributed by atoms with Crippen LogP contribution in [-0.2, 0) is 10.8 Å². The Morgan fingerprint density at radius 3 is 2.62 bits per heavy atom. The van der Waals surface area contributed by atoms with Crippen molar-refractivity contribution in [3.8, 4) is 11.1 Å². The number of nitrogens with one attached hydrogen (secondary N) is 1. The van der Waals surface area contributed by atoms with Gasteiger partial charge in [-0.25, -0.2) is 4.39 Å². The average Bonchev–Trinajstić information content (AvgIpc) is 2.81. The molecule has 0 saturated carbocycles. The van der Waals surface area contributed by atoms with Crippen molar-refractivity contribution >= 4 is 28.0 Å². The van der Waals surface area contributed by atoms with E-state index >= 15 is 0 Å². The van der Waals surface area contributed by atoms with Crippen LogP contribution in [0, 0.1) is 12.7 Å². The van der Waals surface area contributed by atoms with Gasteiger partial charge in [0.15, 0.2) is 0 Å². The molecule has 112 valence electrons. The summed E-state index contributed by atoms with van der Waals surface area (Å²) in [4.78, 5) is 13.6. The predicted molar refractivity (Wildman–Crippen MR) is 85.7 cm³/mol. The fraction of sp³-hybridized carbons (Fsp3) is 0.267. The number of thiophene rings is 1. The van der Waals surface area contributed by atoms with E-state index in [0.717, 1.165) is 16.0 Å². The van der Waals surface area contributed by atoms with E-state index in [2.05, 4.69) is 5.32 Å². The van der Waals surface area contributed by atoms with Crippen molar-refractivity contribution in [2.75, 3.05) is 18.6 Å². The Bertz CT molecular complexity index is 665. The molecule has 1 N–H and O–H groups in total. The van der Waals surface area contributed by atoms with E-state index in [9.17, 15) is 13.4 Å². The highest BCUT2D eigenvalue weighted by Crippen LogP contribution is 2.31. The van der Waals surface area contributed by atoms with E-state index < -0.39 is 10.8 Å². The number of amides is 1. The lowest BCUT2D eigenvalue weighted by Gasteiger charge is -2.01. The molecule has 1 aromatic carbocycles. The summed E-state index contributed by atoms with van der Waals surface area (Å²) in [6, 6.07) is 8.02. The number of benzene rings is 1. The van der Waals surface area contributed by atoms with Crippen molar-refractivity contribution in [1.82, 2.24) is 5.32 Å². The minimum Gasteiger partial charge on any atom is -0.350 e. The van der Waals surface area contributed by atoms with E-state index in [4.69, 9.17) is 0 Å². The third-order valence-corrected chi connectivity index (χ3v) is 4.80. The Morgan fingerprint density at radius 1 is 1.33 bits per heavy atom. The molecule has 1 atom stereocenters. The second-order valence-corrected chi connectivity index (χ2v) is 7.43. The summed E-state index contributed by atoms with van der Waals surface area (Å²) in [5.41, 5.74) is 1.82. The number of halogens is 1. The molecule has 0 fully saturated rings. The first-order valence-corrected chi connectivity index (χ1v) is 8.96. The number of rotatable bonds is 5. The normalized spacial score (nSPS) is 12.1. The monoisotopic (exact) mass is 325 g/mol. The maximum Gasteiger partial charge on any atom is 0.261 e. The molecule has 1 aromatic heterocycles. The van der Waals surface area contributed by atoms with Crippen LogP contribution in [-0.4, -0.2) is 28.7 Å². The highest BCUT2D eigenvalue weighted by atomic mass is 32.2. The first kappa shape index (κ1) is 15.9. The molecule has 0 spiro atoms. The summed E-state index contributed by atoms with van der Waals surface area (Å²) in [5, 5.41) is 2.75. The van der Waals surface area contributed by atoms with Gasteiger partial charge in [-0.05, 0) is 36.2 Å². The Hall–Kier alpha value is -1.53. The molecule has 0 aliphatic carbocycles. The number of aryl methyl sites for hydroxylation is 1. The first-order valence-electron chi connectivity index (χ1n) is 6.42. The van der Waals surface area contributed by atoms with Crippen molar-refractivity contribution < 1.29 is 13.4 Å². The Kier molecular flexibility index (Phi) is 5.25. The summed E-state index contributed by atoms with van der Waals surface area (Å²) in [6.45, 7) is 2.33. The topological polar surface area (TPSA) is 46.2 Å². The smallest absolute Gasteiger partial charge is 0.261 e. The third-order valence-electron chi connectivity index (χ3n) is 2.97. The Morgan fingerprint density at radius 2 is 2.00 bits per heavy atom. The Labute approximate surface area is 129 Å². The molecule has 0 aliphatic rings. The summed E-state index contributed by atoms with van der Waals surface area (Å²) in [6.07, 6.45) is 1.61. The third kappa shape index (κ3) is 4.22. The fourth-order valence-electron chi connectivity index (χ4n) is 1.91. The van der Waals surface area contributed by atoms with E-state index in [0.29, 0.717) is 17.2 Å². The largest absolute Gasteiger partial charge is 0.350 e. The SMILES string of the molecule is Cc1sc(C(=O)NCC[S@](C)=O)cc1-c1ccc(F)cc1. The van der Waals surface area contributed by atoms with Crippen molar-refractivity contribution in [2.45, 2.75) is 6.92 Å². The lowest BCUT2D eigenvalue weighted by Crippen LogP contribution is -2.26. The van der Waals surface area contributed by atoms with Gasteiger partial charge in [0.1, 0.15) is 5.82 Å². The molecular weight excluding hydrogens is 309 g/mol. The zero-order valence-corrected chi connectivity index (χ0v) is 13.4. The van der Waals surface area contributed by atoms with Crippen LogP contribution in [0.4, 0.5) is 4.39 Å². The second-order valence-electron chi connectivity index (χ2n) is 4.62. The number of hydrogen-bond acceptors (Lipinski definition) is 3. The summed E-state index contributed by atoms with van der Waals surface area (Å²) in [7, 11) is -0.916. The molecule has 0 saturated heterocycles. The lowest BCUT2D eigenvalue weighted by molar-refractivity contribution is 0.0960. The van der Waals surface area contributed by atoms with Gasteiger partial charge in [-0.15, -0.1) is 11.3 Å². The summed E-state index contributed by atoms with van der Waals surface area (Å²) < 4.78 is 23.9. The zero-order valence-electron chi connectivity index (χ0n) is 11.8. The standard InChI is InChI=1S/C15H16FNO2S2/c1-10-13(11-3-5-12(16)6-4-11)9-14(20-10)15(18)17-7-8-21(2)19/h3-6,9H,7-8H2,1-2H3,(H,17,18)/t21-/m0/s1. The van der Waals surface area contributed by atoms with E-state index in [1.54, 1.807) is 18.4 Å². The van der Waals surface area contributed by atoms with Crippen LogP contribution in [0.5, 0.6) is 0 Å². The van der Waals surface area contributed by atoms with Crippen LogP contribution in [0.25, 0.3) is 11.1 Å². The molecule has 0 unspecified atom stereocenters. The van der Waals surface area contributed by atoms with Gasteiger partial charge in [0, 0.05) is 34.2 Å². The van der Waals surface area contributed by atoms with Crippen LogP contribution in [0.3, 0.4) is 0 Å². The highest BCUT2D eigenvalue weighted by molar-refractivity contribution is 7.84. The molecule has 2 rings (SSSR count). The second kappa shape index (κ2) is 6.95. The molecule has 3 nitrogen and oxygen atoms in total. The van der Waals surface area contributed by atoms with Crippen molar-refractivity contribution in [2.24, 2.45) is 0 Å². The molecule has 21 heavy (non-hydrogen) atoms. The van der Waals surface area contributed by atoms with Crippen LogP contribution >= 0.6 is 11.3 Å². The number of carbonyl (C=O) groups is 1. The molecular formula is C15H16FNO2S2. The molecule has 1 amide bonds. The molecule has 0 bridgehead atoms. The van der Waals surface area contributed by atoms with Gasteiger partial charge >= 0.3 is 0 Å². The van der Waals surface area contributed by atoms with E-state index in [1.807, 2.05) is 13.0 Å². The maximum atomic E-state index is 13.0. The van der Waals surface area contributed by atoms with E-state index in [1.165, 1.54) is 23.5 Å². The molecule has 0 aliphatic heterocycles. The van der Waals surface area contributed by atoms with Gasteiger partial charge in [0.05, 0.1) is 4.88 Å². The van der Waals surface area contributed by atoms with Crippen molar-refractivity contribution in [3.05, 3.63) is 45.9 Å². The van der Waals surface area contributed by atoms with Crippen LogP contribution < -0.4 is 5.32 Å². The van der Waals surface area contributed by atoms with Crippen LogP contribution in [0.2, 0.25) is 0 Å². The minimum absolute atomic E-state index is 0.165. The Balaban J connectivity index is 2.13. The first-order chi connectivity index (χ1) is 9.97. The lowest BCUT2D eigenvalue weighted by atomic mass is 10.1. The summed E-state index contributed by atoms with van der Waals surface area (Å²) in [5.74, 6) is 0.0000547. The average molecular weight is 325 g/mol. The highest BCUT2D eigenvalue weighted by Gasteiger charge is 2.13. The van der Waals surface area contributed by atoms with Gasteiger partial charge in [0.2, 0.25) is 0 Å². The fourth-order valence-corrected chi connectivity index (χ4v) is 3.25. The van der Waals surface area contributed by atoms with Gasteiger partial charge in [0.25, 0.3) is 5.91 Å². The molecule has 6 heteroatoms. The van der Waals surface area contributed by atoms with Crippen molar-refractivity contribution in [1.29, 1.82) is 0 Å². The van der Waals surface area contributed by atoms with Crippen LogP contribution in [0.1, 0.15) is 14.5 Å². The molecule has 1 heterocycles. The summed E-state index contributed by atoms with van der Waals surface area (Å²) >= 11 is 1.40. The van der Waals surface area contributed by atoms with Gasteiger partial charge in [-0.1, -0.05) is 12.1 Å². The van der Waals surface area contributed by atoms with E-state index in [-0.39, 0.29) is 11.7 Å². The number of carbonyl (C=O) groups excluding carboxylic acids is 1. The quantitative estimate of drug-likeness (QED) is 0.918. The molecule has 2 aromatic rings.